The van der Waals surface area contributed by atoms with Gasteiger partial charge in [0.25, 0.3) is 0 Å². The third kappa shape index (κ3) is 3.97. The van der Waals surface area contributed by atoms with Crippen LogP contribution < -0.4 is 0 Å². The smallest absolute Gasteiger partial charge is 0.199 e. The predicted molar refractivity (Wildman–Crippen MR) is 102 cm³/mol. The van der Waals surface area contributed by atoms with E-state index in [9.17, 15) is 8.42 Å². The highest BCUT2D eigenvalue weighted by molar-refractivity contribution is 7.91. The molecule has 1 aromatic carbocycles. The topological polar surface area (TPSA) is 60.1 Å². The molecule has 1 aromatic heterocycles. The minimum absolute atomic E-state index is 0.0258. The molecule has 1 aliphatic rings. The summed E-state index contributed by atoms with van der Waals surface area (Å²) in [5, 5.41) is 5.32. The SMILES string of the molecule is CCN(Cn1nc(-c2ccc(Cl)cc2)n(C)c1=S)[C@H]1CCS(=O)(=O)C1. The van der Waals surface area contributed by atoms with E-state index in [2.05, 4.69) is 10.00 Å². The molecule has 6 nitrogen and oxygen atoms in total. The minimum atomic E-state index is -2.92. The van der Waals surface area contributed by atoms with Crippen LogP contribution in [0, 0.1) is 4.77 Å². The number of hydrogen-bond donors (Lipinski definition) is 0. The lowest BCUT2D eigenvalue weighted by Crippen LogP contribution is -2.37. The van der Waals surface area contributed by atoms with Gasteiger partial charge in [0.2, 0.25) is 0 Å². The number of rotatable bonds is 5. The first kappa shape index (κ1) is 18.6. The summed E-state index contributed by atoms with van der Waals surface area (Å²) in [6.45, 7) is 3.25. The number of sulfone groups is 1. The normalized spacial score (nSPS) is 19.6. The lowest BCUT2D eigenvalue weighted by molar-refractivity contribution is 0.164. The molecule has 9 heteroatoms. The number of aromatic nitrogens is 3. The van der Waals surface area contributed by atoms with Crippen LogP contribution in [0.2, 0.25) is 5.02 Å². The van der Waals surface area contributed by atoms with Gasteiger partial charge in [-0.3, -0.25) is 4.90 Å². The van der Waals surface area contributed by atoms with Crippen LogP contribution in [-0.2, 0) is 23.6 Å². The Morgan fingerprint density at radius 1 is 1.36 bits per heavy atom. The van der Waals surface area contributed by atoms with Crippen LogP contribution in [0.4, 0.5) is 0 Å². The van der Waals surface area contributed by atoms with Crippen molar-refractivity contribution < 1.29 is 8.42 Å². The van der Waals surface area contributed by atoms with Gasteiger partial charge < -0.3 is 4.57 Å². The van der Waals surface area contributed by atoms with E-state index < -0.39 is 9.84 Å². The summed E-state index contributed by atoms with van der Waals surface area (Å²) in [7, 11) is -1.04. The van der Waals surface area contributed by atoms with Crippen LogP contribution in [0.3, 0.4) is 0 Å². The van der Waals surface area contributed by atoms with Gasteiger partial charge in [0, 0.05) is 23.7 Å². The van der Waals surface area contributed by atoms with E-state index in [1.165, 1.54) is 0 Å². The summed E-state index contributed by atoms with van der Waals surface area (Å²) < 4.78 is 27.8. The molecule has 1 fully saturated rings. The highest BCUT2D eigenvalue weighted by atomic mass is 35.5. The molecule has 0 aliphatic carbocycles. The van der Waals surface area contributed by atoms with Gasteiger partial charge in [0.1, 0.15) is 0 Å². The molecular formula is C16H21ClN4O2S2. The molecule has 25 heavy (non-hydrogen) atoms. The number of benzene rings is 1. The molecule has 0 bridgehead atoms. The van der Waals surface area contributed by atoms with Crippen molar-refractivity contribution in [2.75, 3.05) is 18.1 Å². The van der Waals surface area contributed by atoms with Gasteiger partial charge in [0.05, 0.1) is 18.2 Å². The Morgan fingerprint density at radius 3 is 2.60 bits per heavy atom. The Hall–Kier alpha value is -1.22. The van der Waals surface area contributed by atoms with E-state index in [0.717, 1.165) is 17.9 Å². The van der Waals surface area contributed by atoms with E-state index in [0.29, 0.717) is 22.9 Å². The van der Waals surface area contributed by atoms with Crippen molar-refractivity contribution in [1.29, 1.82) is 0 Å². The first-order valence-corrected chi connectivity index (χ1v) is 10.8. The van der Waals surface area contributed by atoms with E-state index in [4.69, 9.17) is 23.8 Å². The van der Waals surface area contributed by atoms with Crippen molar-refractivity contribution in [2.24, 2.45) is 7.05 Å². The van der Waals surface area contributed by atoms with Crippen LogP contribution in [-0.4, -0.2) is 51.8 Å². The van der Waals surface area contributed by atoms with Gasteiger partial charge >= 0.3 is 0 Å². The lowest BCUT2D eigenvalue weighted by Gasteiger charge is -2.25. The number of halogens is 1. The van der Waals surface area contributed by atoms with Crippen molar-refractivity contribution in [3.05, 3.63) is 34.1 Å². The molecule has 0 spiro atoms. The second-order valence-corrected chi connectivity index (χ2v) is 9.31. The zero-order chi connectivity index (χ0) is 18.2. The van der Waals surface area contributed by atoms with Gasteiger partial charge in [-0.15, -0.1) is 0 Å². The third-order valence-corrected chi connectivity index (χ3v) is 7.08. The number of nitrogens with zero attached hydrogens (tertiary/aromatic N) is 4. The molecular weight excluding hydrogens is 380 g/mol. The van der Waals surface area contributed by atoms with Crippen molar-refractivity contribution in [3.8, 4) is 11.4 Å². The summed E-state index contributed by atoms with van der Waals surface area (Å²) in [5.74, 6) is 1.24. The van der Waals surface area contributed by atoms with Crippen molar-refractivity contribution in [3.63, 3.8) is 0 Å². The van der Waals surface area contributed by atoms with Gasteiger partial charge in [-0.05, 0) is 49.4 Å². The minimum Gasteiger partial charge on any atom is -0.303 e. The first-order chi connectivity index (χ1) is 11.8. The average Bonchev–Trinajstić information content (AvgIpc) is 3.07. The molecule has 2 aromatic rings. The summed E-state index contributed by atoms with van der Waals surface area (Å²) in [6, 6.07) is 7.48. The zero-order valence-electron chi connectivity index (χ0n) is 14.2. The van der Waals surface area contributed by atoms with Crippen molar-refractivity contribution >= 4 is 33.7 Å². The van der Waals surface area contributed by atoms with Crippen LogP contribution in [0.1, 0.15) is 13.3 Å². The highest BCUT2D eigenvalue weighted by Gasteiger charge is 2.32. The quantitative estimate of drug-likeness (QED) is 0.722. The van der Waals surface area contributed by atoms with Crippen LogP contribution in [0.25, 0.3) is 11.4 Å². The Kier molecular flexibility index (Phi) is 5.34. The van der Waals surface area contributed by atoms with E-state index in [-0.39, 0.29) is 17.5 Å². The molecule has 136 valence electrons. The molecule has 0 amide bonds. The average molecular weight is 401 g/mol. The maximum atomic E-state index is 11.8. The molecule has 1 saturated heterocycles. The Morgan fingerprint density at radius 2 is 2.04 bits per heavy atom. The van der Waals surface area contributed by atoms with Crippen LogP contribution in [0.15, 0.2) is 24.3 Å². The fourth-order valence-electron chi connectivity index (χ4n) is 3.14. The lowest BCUT2D eigenvalue weighted by atomic mass is 10.2. The van der Waals surface area contributed by atoms with Crippen LogP contribution in [0.5, 0.6) is 0 Å². The van der Waals surface area contributed by atoms with Crippen molar-refractivity contribution in [1.82, 2.24) is 19.2 Å². The Balaban J connectivity index is 1.86. The number of hydrogen-bond acceptors (Lipinski definition) is 5. The van der Waals surface area contributed by atoms with Gasteiger partial charge in [-0.25, -0.2) is 13.1 Å². The molecule has 3 rings (SSSR count). The summed E-state index contributed by atoms with van der Waals surface area (Å²) >= 11 is 11.5. The van der Waals surface area contributed by atoms with Gasteiger partial charge in [-0.2, -0.15) is 5.10 Å². The fraction of sp³-hybridized carbons (Fsp3) is 0.500. The molecule has 1 aliphatic heterocycles. The molecule has 0 radical (unpaired) electrons. The van der Waals surface area contributed by atoms with Crippen LogP contribution >= 0.6 is 23.8 Å². The monoisotopic (exact) mass is 400 g/mol. The Bertz CT molecular complexity index is 919. The predicted octanol–water partition coefficient (Wildman–Crippen LogP) is 2.74. The molecule has 0 saturated carbocycles. The van der Waals surface area contributed by atoms with Gasteiger partial charge in [-0.1, -0.05) is 18.5 Å². The maximum absolute atomic E-state index is 11.8. The molecule has 0 N–H and O–H groups in total. The van der Waals surface area contributed by atoms with E-state index in [1.54, 1.807) is 4.68 Å². The van der Waals surface area contributed by atoms with Crippen molar-refractivity contribution in [2.45, 2.75) is 26.1 Å². The first-order valence-electron chi connectivity index (χ1n) is 8.15. The molecule has 0 unspecified atom stereocenters. The zero-order valence-corrected chi connectivity index (χ0v) is 16.6. The van der Waals surface area contributed by atoms with E-state index in [1.807, 2.05) is 42.8 Å². The summed E-state index contributed by atoms with van der Waals surface area (Å²) in [5.41, 5.74) is 0.934. The van der Waals surface area contributed by atoms with Gasteiger partial charge in [0.15, 0.2) is 20.4 Å². The second-order valence-electron chi connectivity index (χ2n) is 6.27. The standard InChI is InChI=1S/C16H21ClN4O2S2/c1-3-20(14-8-9-25(22,23)10-14)11-21-16(24)19(2)15(18-21)12-4-6-13(17)7-5-12/h4-7,14H,3,8-11H2,1-2H3/t14-/m0/s1. The summed E-state index contributed by atoms with van der Waals surface area (Å²) in [4.78, 5) is 2.12. The van der Waals surface area contributed by atoms with E-state index >= 15 is 0 Å². The Labute approximate surface area is 157 Å². The highest BCUT2D eigenvalue weighted by Crippen LogP contribution is 2.22. The third-order valence-electron chi connectivity index (χ3n) is 4.59. The molecule has 1 atom stereocenters. The second kappa shape index (κ2) is 7.19. The summed E-state index contributed by atoms with van der Waals surface area (Å²) in [6.07, 6.45) is 0.667. The fourth-order valence-corrected chi connectivity index (χ4v) is 5.21. The largest absolute Gasteiger partial charge is 0.303 e. The molecule has 2 heterocycles. The maximum Gasteiger partial charge on any atom is 0.199 e.